The zero-order valence-corrected chi connectivity index (χ0v) is 21.3. The maximum absolute atomic E-state index is 13.2. The highest BCUT2D eigenvalue weighted by molar-refractivity contribution is 6.06. The van der Waals surface area contributed by atoms with Gasteiger partial charge in [0.15, 0.2) is 11.4 Å². The van der Waals surface area contributed by atoms with Crippen LogP contribution in [0.25, 0.3) is 6.08 Å². The molecule has 0 spiro atoms. The molecular weight excluding hydrogens is 440 g/mol. The Hall–Kier alpha value is -3.51. The molecule has 1 N–H and O–H groups in total. The molecule has 35 heavy (non-hydrogen) atoms. The van der Waals surface area contributed by atoms with Crippen LogP contribution in [-0.2, 0) is 28.1 Å². The van der Waals surface area contributed by atoms with Crippen molar-refractivity contribution in [3.8, 4) is 0 Å². The van der Waals surface area contributed by atoms with Crippen LogP contribution in [0, 0.1) is 6.92 Å². The van der Waals surface area contributed by atoms with Gasteiger partial charge in [0, 0.05) is 23.7 Å². The van der Waals surface area contributed by atoms with Gasteiger partial charge in [0.05, 0.1) is 12.3 Å². The van der Waals surface area contributed by atoms with E-state index in [0.29, 0.717) is 17.9 Å². The lowest BCUT2D eigenvalue weighted by atomic mass is 9.93. The van der Waals surface area contributed by atoms with Crippen molar-refractivity contribution in [3.63, 3.8) is 0 Å². The number of aromatic nitrogens is 2. The molecule has 0 saturated carbocycles. The molecule has 6 heteroatoms. The fourth-order valence-electron chi connectivity index (χ4n) is 3.28. The topological polar surface area (TPSA) is 81.4 Å². The highest BCUT2D eigenvalue weighted by atomic mass is 16.5. The highest BCUT2D eigenvalue weighted by Gasteiger charge is 2.27. The third-order valence-electron chi connectivity index (χ3n) is 5.77. The molecule has 3 rings (SSSR count). The van der Waals surface area contributed by atoms with Crippen molar-refractivity contribution in [2.75, 3.05) is 0 Å². The molecule has 0 radical (unpaired) electrons. The molecule has 0 saturated heterocycles. The highest BCUT2D eigenvalue weighted by Crippen LogP contribution is 2.23. The van der Waals surface area contributed by atoms with Crippen molar-refractivity contribution >= 4 is 17.8 Å². The minimum atomic E-state index is -1.23. The third kappa shape index (κ3) is 6.76. The number of ether oxygens (including phenoxy) is 1. The van der Waals surface area contributed by atoms with Crippen molar-refractivity contribution in [3.05, 3.63) is 94.6 Å². The Morgan fingerprint density at radius 1 is 1.00 bits per heavy atom. The van der Waals surface area contributed by atoms with E-state index in [1.165, 1.54) is 13.8 Å². The quantitative estimate of drug-likeness (QED) is 0.396. The van der Waals surface area contributed by atoms with E-state index in [0.717, 1.165) is 22.4 Å². The summed E-state index contributed by atoms with van der Waals surface area (Å²) in [4.78, 5) is 29.1. The van der Waals surface area contributed by atoms with Gasteiger partial charge >= 0.3 is 5.97 Å². The average Bonchev–Trinajstić information content (AvgIpc) is 3.23. The fourth-order valence-corrected chi connectivity index (χ4v) is 3.28. The van der Waals surface area contributed by atoms with E-state index >= 15 is 0 Å². The van der Waals surface area contributed by atoms with E-state index in [9.17, 15) is 9.59 Å². The first-order valence-electron chi connectivity index (χ1n) is 11.7. The Morgan fingerprint density at radius 2 is 1.63 bits per heavy atom. The minimum Gasteiger partial charge on any atom is -0.479 e. The summed E-state index contributed by atoms with van der Waals surface area (Å²) in [6.07, 6.45) is 5.94. The van der Waals surface area contributed by atoms with Crippen molar-refractivity contribution < 1.29 is 19.4 Å². The Bertz CT molecular complexity index is 1210. The number of ketones is 1. The second kappa shape index (κ2) is 10.4. The van der Waals surface area contributed by atoms with E-state index in [1.54, 1.807) is 0 Å². The van der Waals surface area contributed by atoms with Crippen LogP contribution in [0.5, 0.6) is 0 Å². The van der Waals surface area contributed by atoms with Crippen LogP contribution in [0.4, 0.5) is 0 Å². The number of benzene rings is 2. The number of aryl methyl sites for hydroxylation is 1. The molecule has 2 aromatic carbocycles. The normalized spacial score (nSPS) is 12.3. The first kappa shape index (κ1) is 26.1. The van der Waals surface area contributed by atoms with Crippen LogP contribution >= 0.6 is 0 Å². The number of hydrogen-bond donors (Lipinski definition) is 1. The van der Waals surface area contributed by atoms with Gasteiger partial charge in [-0.25, -0.2) is 9.78 Å². The molecule has 0 aliphatic carbocycles. The largest absolute Gasteiger partial charge is 0.479 e. The molecule has 0 aliphatic rings. The lowest BCUT2D eigenvalue weighted by Crippen LogP contribution is -2.34. The summed E-state index contributed by atoms with van der Waals surface area (Å²) in [7, 11) is 0. The zero-order chi connectivity index (χ0) is 25.8. The van der Waals surface area contributed by atoms with Gasteiger partial charge < -0.3 is 14.4 Å². The van der Waals surface area contributed by atoms with Gasteiger partial charge in [-0.05, 0) is 31.9 Å². The molecule has 1 heterocycles. The summed E-state index contributed by atoms with van der Waals surface area (Å²) >= 11 is 0. The van der Waals surface area contributed by atoms with E-state index < -0.39 is 11.6 Å². The standard InChI is InChI=1S/C29H34N2O4/c1-20-9-15-23(16-10-20)25(32)26-30-24(28(2,3)4)18-31(26)17-7-8-21-11-13-22(14-12-21)19-35-29(5,6)27(33)34/h7-16,18H,17,19H2,1-6H3,(H,33,34). The van der Waals surface area contributed by atoms with Crippen LogP contribution < -0.4 is 0 Å². The maximum atomic E-state index is 13.2. The zero-order valence-electron chi connectivity index (χ0n) is 21.3. The molecule has 1 aromatic heterocycles. The number of carboxylic acid groups (broad SMARTS) is 1. The molecule has 6 nitrogen and oxygen atoms in total. The maximum Gasteiger partial charge on any atom is 0.335 e. The number of allylic oxidation sites excluding steroid dienone is 1. The third-order valence-corrected chi connectivity index (χ3v) is 5.77. The van der Waals surface area contributed by atoms with E-state index in [4.69, 9.17) is 14.8 Å². The summed E-state index contributed by atoms with van der Waals surface area (Å²) in [6, 6.07) is 15.3. The van der Waals surface area contributed by atoms with Gasteiger partial charge in [0.25, 0.3) is 0 Å². The van der Waals surface area contributed by atoms with Gasteiger partial charge in [-0.15, -0.1) is 0 Å². The van der Waals surface area contributed by atoms with Crippen LogP contribution in [0.1, 0.15) is 73.2 Å². The van der Waals surface area contributed by atoms with E-state index in [-0.39, 0.29) is 17.8 Å². The summed E-state index contributed by atoms with van der Waals surface area (Å²) in [5, 5.41) is 9.17. The molecule has 0 aliphatic heterocycles. The molecule has 0 bridgehead atoms. The SMILES string of the molecule is Cc1ccc(C(=O)c2nc(C(C)(C)C)cn2CC=Cc2ccc(COC(C)(C)C(=O)O)cc2)cc1. The molecule has 184 valence electrons. The van der Waals surface area contributed by atoms with Crippen LogP contribution in [0.2, 0.25) is 0 Å². The second-order valence-corrected chi connectivity index (χ2v) is 10.3. The number of nitrogens with zero attached hydrogens (tertiary/aromatic N) is 2. The van der Waals surface area contributed by atoms with Gasteiger partial charge in [-0.3, -0.25) is 4.79 Å². The number of hydrogen-bond acceptors (Lipinski definition) is 4. The van der Waals surface area contributed by atoms with E-state index in [2.05, 4.69) is 20.8 Å². The number of rotatable bonds is 9. The van der Waals surface area contributed by atoms with Crippen molar-refractivity contribution in [2.45, 2.75) is 65.7 Å². The number of carbonyl (C=O) groups excluding carboxylic acids is 1. The molecule has 0 amide bonds. The smallest absolute Gasteiger partial charge is 0.335 e. The van der Waals surface area contributed by atoms with Crippen molar-refractivity contribution in [1.82, 2.24) is 9.55 Å². The lowest BCUT2D eigenvalue weighted by molar-refractivity contribution is -0.162. The summed E-state index contributed by atoms with van der Waals surface area (Å²) in [6.45, 7) is 12.0. The first-order chi connectivity index (χ1) is 16.4. The first-order valence-corrected chi connectivity index (χ1v) is 11.7. The second-order valence-electron chi connectivity index (χ2n) is 10.3. The number of carboxylic acids is 1. The summed E-state index contributed by atoms with van der Waals surface area (Å²) < 4.78 is 7.40. The molecule has 0 atom stereocenters. The van der Waals surface area contributed by atoms with Gasteiger partial charge in [-0.1, -0.05) is 87.0 Å². The minimum absolute atomic E-state index is 0.0949. The molecular formula is C29H34N2O4. The fraction of sp³-hybridized carbons (Fsp3) is 0.345. The Kier molecular flexibility index (Phi) is 7.76. The number of imidazole rings is 1. The monoisotopic (exact) mass is 474 g/mol. The number of aliphatic carboxylic acids is 1. The van der Waals surface area contributed by atoms with Crippen LogP contribution in [-0.4, -0.2) is 32.0 Å². The molecule has 0 fully saturated rings. The van der Waals surface area contributed by atoms with Crippen LogP contribution in [0.3, 0.4) is 0 Å². The Morgan fingerprint density at radius 3 is 2.20 bits per heavy atom. The van der Waals surface area contributed by atoms with Crippen molar-refractivity contribution in [1.29, 1.82) is 0 Å². The van der Waals surface area contributed by atoms with Gasteiger partial charge in [0.1, 0.15) is 0 Å². The van der Waals surface area contributed by atoms with E-state index in [1.807, 2.05) is 78.4 Å². The number of carbonyl (C=O) groups is 2. The average molecular weight is 475 g/mol. The van der Waals surface area contributed by atoms with Crippen LogP contribution in [0.15, 0.2) is 60.8 Å². The Balaban J connectivity index is 1.74. The summed E-state index contributed by atoms with van der Waals surface area (Å²) in [5.41, 5.74) is 3.07. The van der Waals surface area contributed by atoms with Gasteiger partial charge in [-0.2, -0.15) is 0 Å². The van der Waals surface area contributed by atoms with Crippen molar-refractivity contribution in [2.24, 2.45) is 0 Å². The predicted octanol–water partition coefficient (Wildman–Crippen LogP) is 5.81. The van der Waals surface area contributed by atoms with Gasteiger partial charge in [0.2, 0.25) is 5.78 Å². The summed E-state index contributed by atoms with van der Waals surface area (Å²) in [5.74, 6) is -0.661. The lowest BCUT2D eigenvalue weighted by Gasteiger charge is -2.20. The molecule has 3 aromatic rings. The molecule has 0 unspecified atom stereocenters. The predicted molar refractivity (Wildman–Crippen MR) is 138 cm³/mol. The Labute approximate surface area is 207 Å².